The Kier molecular flexibility index (Phi) is 9.63. The van der Waals surface area contributed by atoms with Crippen molar-refractivity contribution in [1.82, 2.24) is 10.6 Å². The number of aliphatic imine (C=N–C) groups is 1. The molecule has 0 radical (unpaired) electrons. The van der Waals surface area contributed by atoms with Crippen molar-refractivity contribution < 1.29 is 0 Å². The van der Waals surface area contributed by atoms with Gasteiger partial charge < -0.3 is 10.6 Å². The van der Waals surface area contributed by atoms with Crippen LogP contribution in [0.3, 0.4) is 0 Å². The molecule has 1 atom stereocenters. The summed E-state index contributed by atoms with van der Waals surface area (Å²) in [5.41, 5.74) is 4.04. The number of guanidine groups is 1. The topological polar surface area (TPSA) is 36.4 Å². The maximum atomic E-state index is 4.24. The third-order valence-corrected chi connectivity index (χ3v) is 3.21. The fourth-order valence-corrected chi connectivity index (χ4v) is 2.07. The summed E-state index contributed by atoms with van der Waals surface area (Å²) in [6.45, 7) is 9.52. The number of nitrogens with zero attached hydrogens (tertiary/aromatic N) is 1. The second-order valence-electron chi connectivity index (χ2n) is 5.20. The summed E-state index contributed by atoms with van der Waals surface area (Å²) in [7, 11) is 1.81. The van der Waals surface area contributed by atoms with E-state index in [9.17, 15) is 0 Å². The maximum Gasteiger partial charge on any atom is 0.191 e. The first-order chi connectivity index (χ1) is 9.05. The molecule has 0 saturated heterocycles. The van der Waals surface area contributed by atoms with Gasteiger partial charge in [-0.3, -0.25) is 4.99 Å². The minimum atomic E-state index is 0. The number of halogens is 1. The summed E-state index contributed by atoms with van der Waals surface area (Å²) in [5, 5.41) is 6.73. The van der Waals surface area contributed by atoms with Crippen molar-refractivity contribution in [1.29, 1.82) is 0 Å². The van der Waals surface area contributed by atoms with Crippen LogP contribution in [0.2, 0.25) is 0 Å². The van der Waals surface area contributed by atoms with Gasteiger partial charge in [0.05, 0.1) is 0 Å². The Morgan fingerprint density at radius 1 is 1.20 bits per heavy atom. The van der Waals surface area contributed by atoms with Crippen molar-refractivity contribution in [2.24, 2.45) is 4.99 Å². The fraction of sp³-hybridized carbons (Fsp3) is 0.562. The van der Waals surface area contributed by atoms with Gasteiger partial charge in [0.25, 0.3) is 0 Å². The summed E-state index contributed by atoms with van der Waals surface area (Å²) in [5.74, 6) is 0.888. The molecule has 1 rings (SSSR count). The van der Waals surface area contributed by atoms with Crippen LogP contribution in [0, 0.1) is 13.8 Å². The van der Waals surface area contributed by atoms with E-state index in [1.807, 2.05) is 7.05 Å². The molecule has 4 heteroatoms. The molecule has 3 nitrogen and oxygen atoms in total. The van der Waals surface area contributed by atoms with E-state index in [0.717, 1.165) is 25.3 Å². The van der Waals surface area contributed by atoms with Crippen molar-refractivity contribution in [2.45, 2.75) is 46.6 Å². The quantitative estimate of drug-likeness (QED) is 0.460. The van der Waals surface area contributed by atoms with E-state index >= 15 is 0 Å². The zero-order chi connectivity index (χ0) is 14.3. The van der Waals surface area contributed by atoms with Crippen molar-refractivity contribution in [3.63, 3.8) is 0 Å². The number of hydrogen-bond acceptors (Lipinski definition) is 1. The van der Waals surface area contributed by atoms with Crippen molar-refractivity contribution in [2.75, 3.05) is 13.6 Å². The summed E-state index contributed by atoms with van der Waals surface area (Å²) in [6.07, 6.45) is 2.11. The Morgan fingerprint density at radius 2 is 1.80 bits per heavy atom. The van der Waals surface area contributed by atoms with Gasteiger partial charge in [-0.15, -0.1) is 24.0 Å². The van der Waals surface area contributed by atoms with Crippen LogP contribution in [0.25, 0.3) is 0 Å². The molecule has 0 bridgehead atoms. The molecule has 0 aromatic heterocycles. The molecule has 1 aromatic carbocycles. The van der Waals surface area contributed by atoms with Gasteiger partial charge in [0, 0.05) is 19.6 Å². The van der Waals surface area contributed by atoms with Gasteiger partial charge >= 0.3 is 0 Å². The van der Waals surface area contributed by atoms with Gasteiger partial charge in [0.15, 0.2) is 5.96 Å². The van der Waals surface area contributed by atoms with Crippen LogP contribution in [-0.4, -0.2) is 25.6 Å². The molecular weight excluding hydrogens is 361 g/mol. The number of hydrogen-bond donors (Lipinski definition) is 2. The number of aryl methyl sites for hydroxylation is 2. The average molecular weight is 389 g/mol. The lowest BCUT2D eigenvalue weighted by atomic mass is 10.1. The van der Waals surface area contributed by atoms with E-state index in [0.29, 0.717) is 6.04 Å². The molecule has 0 saturated carbocycles. The molecule has 0 heterocycles. The minimum absolute atomic E-state index is 0. The molecule has 0 aliphatic rings. The Hall–Kier alpha value is -0.780. The maximum absolute atomic E-state index is 4.24. The SMILES string of the molecule is CCC(C)NC(=NC)NCCc1cc(C)cc(C)c1.I. The van der Waals surface area contributed by atoms with Crippen LogP contribution in [-0.2, 0) is 6.42 Å². The first kappa shape index (κ1) is 19.2. The monoisotopic (exact) mass is 389 g/mol. The molecule has 1 aromatic rings. The molecule has 0 aliphatic heterocycles. The zero-order valence-corrected chi connectivity index (χ0v) is 15.6. The lowest BCUT2D eigenvalue weighted by Crippen LogP contribution is -2.42. The van der Waals surface area contributed by atoms with Crippen LogP contribution in [0.15, 0.2) is 23.2 Å². The lowest BCUT2D eigenvalue weighted by Gasteiger charge is -2.16. The van der Waals surface area contributed by atoms with E-state index in [4.69, 9.17) is 0 Å². The van der Waals surface area contributed by atoms with Crippen LogP contribution >= 0.6 is 24.0 Å². The second kappa shape index (κ2) is 10.0. The highest BCUT2D eigenvalue weighted by Gasteiger charge is 2.02. The smallest absolute Gasteiger partial charge is 0.191 e. The molecule has 1 unspecified atom stereocenters. The van der Waals surface area contributed by atoms with E-state index in [1.54, 1.807) is 0 Å². The predicted octanol–water partition coefficient (Wildman–Crippen LogP) is 3.43. The Balaban J connectivity index is 0.00000361. The highest BCUT2D eigenvalue weighted by Crippen LogP contribution is 2.08. The summed E-state index contributed by atoms with van der Waals surface area (Å²) < 4.78 is 0. The normalized spacial score (nSPS) is 12.6. The zero-order valence-electron chi connectivity index (χ0n) is 13.3. The third-order valence-electron chi connectivity index (χ3n) is 3.21. The Morgan fingerprint density at radius 3 is 2.30 bits per heavy atom. The van der Waals surface area contributed by atoms with Gasteiger partial charge in [-0.25, -0.2) is 0 Å². The Labute approximate surface area is 140 Å². The van der Waals surface area contributed by atoms with E-state index in [2.05, 4.69) is 61.5 Å². The molecular formula is C16H28IN3. The Bertz CT molecular complexity index is 409. The lowest BCUT2D eigenvalue weighted by molar-refractivity contribution is 0.624. The number of benzene rings is 1. The minimum Gasteiger partial charge on any atom is -0.356 e. The number of rotatable bonds is 5. The molecule has 0 amide bonds. The first-order valence-electron chi connectivity index (χ1n) is 7.09. The van der Waals surface area contributed by atoms with Gasteiger partial charge in [-0.2, -0.15) is 0 Å². The van der Waals surface area contributed by atoms with Gasteiger partial charge in [0.2, 0.25) is 0 Å². The van der Waals surface area contributed by atoms with E-state index < -0.39 is 0 Å². The predicted molar refractivity (Wildman–Crippen MR) is 99.3 cm³/mol. The van der Waals surface area contributed by atoms with Gasteiger partial charge in [-0.1, -0.05) is 36.2 Å². The fourth-order valence-electron chi connectivity index (χ4n) is 2.07. The van der Waals surface area contributed by atoms with Crippen molar-refractivity contribution >= 4 is 29.9 Å². The molecule has 0 spiro atoms. The van der Waals surface area contributed by atoms with Crippen molar-refractivity contribution in [3.05, 3.63) is 34.9 Å². The standard InChI is InChI=1S/C16H27N3.HI/c1-6-14(4)19-16(17-5)18-8-7-15-10-12(2)9-13(3)11-15;/h9-11,14H,6-8H2,1-5H3,(H2,17,18,19);1H. The highest BCUT2D eigenvalue weighted by molar-refractivity contribution is 14.0. The first-order valence-corrected chi connectivity index (χ1v) is 7.09. The molecule has 114 valence electrons. The third kappa shape index (κ3) is 7.12. The van der Waals surface area contributed by atoms with Crippen molar-refractivity contribution in [3.8, 4) is 0 Å². The molecule has 0 aliphatic carbocycles. The summed E-state index contributed by atoms with van der Waals surface area (Å²) >= 11 is 0. The van der Waals surface area contributed by atoms with Gasteiger partial charge in [0.1, 0.15) is 0 Å². The van der Waals surface area contributed by atoms with Crippen LogP contribution in [0.4, 0.5) is 0 Å². The summed E-state index contributed by atoms with van der Waals surface area (Å²) in [4.78, 5) is 4.24. The largest absolute Gasteiger partial charge is 0.356 e. The second-order valence-corrected chi connectivity index (χ2v) is 5.20. The molecule has 0 fully saturated rings. The number of nitrogens with one attached hydrogen (secondary N) is 2. The van der Waals surface area contributed by atoms with E-state index in [-0.39, 0.29) is 24.0 Å². The molecule has 2 N–H and O–H groups in total. The van der Waals surface area contributed by atoms with Gasteiger partial charge in [-0.05, 0) is 39.2 Å². The summed E-state index contributed by atoms with van der Waals surface area (Å²) in [6, 6.07) is 7.16. The van der Waals surface area contributed by atoms with Crippen LogP contribution in [0.1, 0.15) is 37.0 Å². The van der Waals surface area contributed by atoms with Crippen LogP contribution < -0.4 is 10.6 Å². The highest BCUT2D eigenvalue weighted by atomic mass is 127. The molecule has 20 heavy (non-hydrogen) atoms. The van der Waals surface area contributed by atoms with E-state index in [1.165, 1.54) is 16.7 Å². The average Bonchev–Trinajstić information content (AvgIpc) is 2.36. The van der Waals surface area contributed by atoms with Crippen LogP contribution in [0.5, 0.6) is 0 Å².